The third-order valence-corrected chi connectivity index (χ3v) is 4.39. The molecule has 4 nitrogen and oxygen atoms in total. The Labute approximate surface area is 149 Å². The van der Waals surface area contributed by atoms with Crippen molar-refractivity contribution in [2.45, 2.75) is 13.5 Å². The van der Waals surface area contributed by atoms with Gasteiger partial charge in [0.25, 0.3) is 5.91 Å². The molecule has 0 atom stereocenters. The molecule has 0 spiro atoms. The standard InChI is InChI=1S/C18H18INO3/c1-2-20(18(21)14-4-3-5-15(19)11-14)12-13-6-7-16-17(10-13)23-9-8-22-16/h3-7,10-11H,2,8-9,12H2,1H3. The van der Waals surface area contributed by atoms with E-state index in [1.165, 1.54) is 0 Å². The molecular formula is C18H18INO3. The van der Waals surface area contributed by atoms with E-state index >= 15 is 0 Å². The molecule has 0 aliphatic carbocycles. The van der Waals surface area contributed by atoms with E-state index in [1.807, 2.05) is 54.3 Å². The van der Waals surface area contributed by atoms with E-state index in [4.69, 9.17) is 9.47 Å². The summed E-state index contributed by atoms with van der Waals surface area (Å²) in [6.07, 6.45) is 0. The molecule has 2 aromatic carbocycles. The molecule has 0 N–H and O–H groups in total. The fraction of sp³-hybridized carbons (Fsp3) is 0.278. The number of halogens is 1. The second-order valence-electron chi connectivity index (χ2n) is 5.31. The van der Waals surface area contributed by atoms with Crippen LogP contribution >= 0.6 is 22.6 Å². The van der Waals surface area contributed by atoms with Gasteiger partial charge in [-0.1, -0.05) is 12.1 Å². The summed E-state index contributed by atoms with van der Waals surface area (Å²) in [6.45, 7) is 4.34. The number of amides is 1. The lowest BCUT2D eigenvalue weighted by atomic mass is 10.1. The van der Waals surface area contributed by atoms with Crippen molar-refractivity contribution in [2.75, 3.05) is 19.8 Å². The molecule has 0 fully saturated rings. The highest BCUT2D eigenvalue weighted by molar-refractivity contribution is 14.1. The molecule has 3 rings (SSSR count). The van der Waals surface area contributed by atoms with Gasteiger partial charge in [-0.2, -0.15) is 0 Å². The largest absolute Gasteiger partial charge is 0.486 e. The molecule has 1 amide bonds. The van der Waals surface area contributed by atoms with Gasteiger partial charge in [-0.3, -0.25) is 4.79 Å². The van der Waals surface area contributed by atoms with Gasteiger partial charge in [-0.15, -0.1) is 0 Å². The van der Waals surface area contributed by atoms with Crippen molar-refractivity contribution < 1.29 is 14.3 Å². The summed E-state index contributed by atoms with van der Waals surface area (Å²) in [4.78, 5) is 14.5. The van der Waals surface area contributed by atoms with Crippen LogP contribution in [0.15, 0.2) is 42.5 Å². The first-order valence-electron chi connectivity index (χ1n) is 7.60. The fourth-order valence-electron chi connectivity index (χ4n) is 2.54. The molecule has 0 bridgehead atoms. The SMILES string of the molecule is CCN(Cc1ccc2c(c1)OCCO2)C(=O)c1cccc(I)c1. The van der Waals surface area contributed by atoms with Gasteiger partial charge in [-0.25, -0.2) is 0 Å². The predicted octanol–water partition coefficient (Wildman–Crippen LogP) is 3.72. The number of nitrogens with zero attached hydrogens (tertiary/aromatic N) is 1. The van der Waals surface area contributed by atoms with Crippen LogP contribution in [0.3, 0.4) is 0 Å². The number of hydrogen-bond acceptors (Lipinski definition) is 3. The van der Waals surface area contributed by atoms with Gasteiger partial charge < -0.3 is 14.4 Å². The normalized spacial score (nSPS) is 12.8. The molecule has 0 saturated carbocycles. The summed E-state index contributed by atoms with van der Waals surface area (Å²) in [5.74, 6) is 1.57. The van der Waals surface area contributed by atoms with Gasteiger partial charge in [0.1, 0.15) is 13.2 Å². The second-order valence-corrected chi connectivity index (χ2v) is 6.55. The Hall–Kier alpha value is -1.76. The van der Waals surface area contributed by atoms with Gasteiger partial charge in [0.05, 0.1) is 0 Å². The van der Waals surface area contributed by atoms with Crippen LogP contribution in [0.2, 0.25) is 0 Å². The van der Waals surface area contributed by atoms with Crippen LogP contribution in [0.1, 0.15) is 22.8 Å². The minimum absolute atomic E-state index is 0.0425. The van der Waals surface area contributed by atoms with Gasteiger partial charge in [0.15, 0.2) is 11.5 Å². The van der Waals surface area contributed by atoms with Crippen LogP contribution in [0.25, 0.3) is 0 Å². The Morgan fingerprint density at radius 1 is 1.13 bits per heavy atom. The molecule has 120 valence electrons. The van der Waals surface area contributed by atoms with Crippen molar-refractivity contribution in [2.24, 2.45) is 0 Å². The van der Waals surface area contributed by atoms with Crippen molar-refractivity contribution >= 4 is 28.5 Å². The summed E-state index contributed by atoms with van der Waals surface area (Å²) in [6, 6.07) is 13.5. The number of carbonyl (C=O) groups is 1. The monoisotopic (exact) mass is 423 g/mol. The highest BCUT2D eigenvalue weighted by Crippen LogP contribution is 2.31. The maximum absolute atomic E-state index is 12.7. The molecule has 23 heavy (non-hydrogen) atoms. The van der Waals surface area contributed by atoms with E-state index in [0.29, 0.717) is 26.3 Å². The second kappa shape index (κ2) is 7.21. The van der Waals surface area contributed by atoms with Crippen molar-refractivity contribution in [1.29, 1.82) is 0 Å². The fourth-order valence-corrected chi connectivity index (χ4v) is 3.08. The zero-order chi connectivity index (χ0) is 16.2. The quantitative estimate of drug-likeness (QED) is 0.704. The van der Waals surface area contributed by atoms with Crippen LogP contribution < -0.4 is 9.47 Å². The average Bonchev–Trinajstić information content (AvgIpc) is 2.59. The highest BCUT2D eigenvalue weighted by atomic mass is 127. The molecule has 1 heterocycles. The number of fused-ring (bicyclic) bond motifs is 1. The van der Waals surface area contributed by atoms with Crippen LogP contribution in [0.4, 0.5) is 0 Å². The van der Waals surface area contributed by atoms with Gasteiger partial charge in [0.2, 0.25) is 0 Å². The first-order chi connectivity index (χ1) is 11.2. The first kappa shape index (κ1) is 16.1. The van der Waals surface area contributed by atoms with E-state index in [1.54, 1.807) is 0 Å². The van der Waals surface area contributed by atoms with E-state index < -0.39 is 0 Å². The van der Waals surface area contributed by atoms with Crippen LogP contribution in [-0.2, 0) is 6.54 Å². The Bertz CT molecular complexity index is 717. The predicted molar refractivity (Wildman–Crippen MR) is 97.0 cm³/mol. The van der Waals surface area contributed by atoms with Crippen molar-refractivity contribution in [3.8, 4) is 11.5 Å². The summed E-state index contributed by atoms with van der Waals surface area (Å²) in [5.41, 5.74) is 1.76. The summed E-state index contributed by atoms with van der Waals surface area (Å²) >= 11 is 2.22. The Morgan fingerprint density at radius 3 is 2.65 bits per heavy atom. The third-order valence-electron chi connectivity index (χ3n) is 3.72. The smallest absolute Gasteiger partial charge is 0.254 e. The zero-order valence-electron chi connectivity index (χ0n) is 12.9. The van der Waals surface area contributed by atoms with Crippen molar-refractivity contribution in [1.82, 2.24) is 4.90 Å². The van der Waals surface area contributed by atoms with E-state index in [-0.39, 0.29) is 5.91 Å². The maximum Gasteiger partial charge on any atom is 0.254 e. The lowest BCUT2D eigenvalue weighted by Gasteiger charge is -2.23. The molecule has 5 heteroatoms. The van der Waals surface area contributed by atoms with E-state index in [9.17, 15) is 4.79 Å². The van der Waals surface area contributed by atoms with Gasteiger partial charge >= 0.3 is 0 Å². The Balaban J connectivity index is 1.78. The third kappa shape index (κ3) is 3.77. The van der Waals surface area contributed by atoms with Crippen LogP contribution in [0, 0.1) is 3.57 Å². The minimum Gasteiger partial charge on any atom is -0.486 e. The number of hydrogen-bond donors (Lipinski definition) is 0. The molecule has 1 aliphatic rings. The topological polar surface area (TPSA) is 38.8 Å². The summed E-state index contributed by atoms with van der Waals surface area (Å²) in [5, 5.41) is 0. The molecule has 0 saturated heterocycles. The molecule has 0 aromatic heterocycles. The average molecular weight is 423 g/mol. The van der Waals surface area contributed by atoms with Crippen LogP contribution in [-0.4, -0.2) is 30.6 Å². The number of rotatable bonds is 4. The Morgan fingerprint density at radius 2 is 1.91 bits per heavy atom. The molecule has 2 aromatic rings. The van der Waals surface area contributed by atoms with E-state index in [0.717, 1.165) is 26.2 Å². The molecule has 1 aliphatic heterocycles. The van der Waals surface area contributed by atoms with Crippen molar-refractivity contribution in [3.05, 3.63) is 57.2 Å². The molecule has 0 unspecified atom stereocenters. The summed E-state index contributed by atoms with van der Waals surface area (Å²) < 4.78 is 12.2. The minimum atomic E-state index is 0.0425. The molecule has 0 radical (unpaired) electrons. The zero-order valence-corrected chi connectivity index (χ0v) is 15.1. The van der Waals surface area contributed by atoms with Crippen LogP contribution in [0.5, 0.6) is 11.5 Å². The summed E-state index contributed by atoms with van der Waals surface area (Å²) in [7, 11) is 0. The number of ether oxygens (including phenoxy) is 2. The highest BCUT2D eigenvalue weighted by Gasteiger charge is 2.17. The maximum atomic E-state index is 12.7. The van der Waals surface area contributed by atoms with Crippen molar-refractivity contribution in [3.63, 3.8) is 0 Å². The van der Waals surface area contributed by atoms with E-state index in [2.05, 4.69) is 22.6 Å². The first-order valence-corrected chi connectivity index (χ1v) is 8.68. The lowest BCUT2D eigenvalue weighted by Crippen LogP contribution is -2.30. The number of carbonyl (C=O) groups excluding carboxylic acids is 1. The molecular weight excluding hydrogens is 405 g/mol. The van der Waals surface area contributed by atoms with Gasteiger partial charge in [-0.05, 0) is 65.4 Å². The Kier molecular flexibility index (Phi) is 5.05. The van der Waals surface area contributed by atoms with Gasteiger partial charge in [0, 0.05) is 22.2 Å². The lowest BCUT2D eigenvalue weighted by molar-refractivity contribution is 0.0752. The number of benzene rings is 2.